The van der Waals surface area contributed by atoms with Crippen LogP contribution in [-0.4, -0.2) is 11.5 Å². The number of benzene rings is 1. The standard InChI is InChI=1S/C9H9BrOS/c1-7(6-11)12-9-4-2-8(10)3-5-9/h2-7H,1H3. The largest absolute Gasteiger partial charge is 0.302 e. The van der Waals surface area contributed by atoms with E-state index < -0.39 is 0 Å². The molecule has 64 valence electrons. The zero-order chi connectivity index (χ0) is 8.97. The molecule has 1 aromatic carbocycles. The molecular formula is C9H9BrOS. The molecule has 1 nitrogen and oxygen atoms in total. The lowest BCUT2D eigenvalue weighted by molar-refractivity contribution is -0.107. The maximum Gasteiger partial charge on any atom is 0.133 e. The number of hydrogen-bond acceptors (Lipinski definition) is 2. The second-order valence-electron chi connectivity index (χ2n) is 2.41. The Morgan fingerprint density at radius 3 is 2.50 bits per heavy atom. The first-order chi connectivity index (χ1) is 5.72. The van der Waals surface area contributed by atoms with Crippen LogP contribution in [0.25, 0.3) is 0 Å². The van der Waals surface area contributed by atoms with Crippen LogP contribution in [0.2, 0.25) is 0 Å². The zero-order valence-corrected chi connectivity index (χ0v) is 9.06. The molecule has 0 saturated heterocycles. The van der Waals surface area contributed by atoms with Gasteiger partial charge in [0.15, 0.2) is 0 Å². The molecule has 0 amide bonds. The van der Waals surface area contributed by atoms with Crippen LogP contribution >= 0.6 is 27.7 Å². The minimum Gasteiger partial charge on any atom is -0.302 e. The van der Waals surface area contributed by atoms with Crippen molar-refractivity contribution in [3.63, 3.8) is 0 Å². The fraction of sp³-hybridized carbons (Fsp3) is 0.222. The Bertz CT molecular complexity index is 258. The highest BCUT2D eigenvalue weighted by Gasteiger charge is 2.00. The van der Waals surface area contributed by atoms with E-state index in [-0.39, 0.29) is 5.25 Å². The van der Waals surface area contributed by atoms with Gasteiger partial charge < -0.3 is 4.79 Å². The zero-order valence-electron chi connectivity index (χ0n) is 6.66. The lowest BCUT2D eigenvalue weighted by Gasteiger charge is -2.02. The molecule has 1 rings (SSSR count). The summed E-state index contributed by atoms with van der Waals surface area (Å²) in [4.78, 5) is 11.5. The fourth-order valence-electron chi connectivity index (χ4n) is 0.756. The maximum atomic E-state index is 10.3. The molecule has 0 heterocycles. The smallest absolute Gasteiger partial charge is 0.133 e. The van der Waals surface area contributed by atoms with Crippen LogP contribution in [0.4, 0.5) is 0 Å². The lowest BCUT2D eigenvalue weighted by Crippen LogP contribution is -1.95. The van der Waals surface area contributed by atoms with Crippen LogP contribution in [0.5, 0.6) is 0 Å². The SMILES string of the molecule is CC(C=O)Sc1ccc(Br)cc1. The van der Waals surface area contributed by atoms with Crippen LogP contribution in [0.3, 0.4) is 0 Å². The molecule has 0 saturated carbocycles. The average molecular weight is 245 g/mol. The molecule has 0 N–H and O–H groups in total. The van der Waals surface area contributed by atoms with E-state index in [0.29, 0.717) is 0 Å². The molecule has 1 aromatic rings. The van der Waals surface area contributed by atoms with Crippen LogP contribution < -0.4 is 0 Å². The Labute approximate surface area is 84.7 Å². The first-order valence-corrected chi connectivity index (χ1v) is 5.27. The average Bonchev–Trinajstić information content (AvgIpc) is 2.09. The van der Waals surface area contributed by atoms with Crippen LogP contribution in [-0.2, 0) is 4.79 Å². The lowest BCUT2D eigenvalue weighted by atomic mass is 10.4. The van der Waals surface area contributed by atoms with Gasteiger partial charge in [0.1, 0.15) is 6.29 Å². The summed E-state index contributed by atoms with van der Waals surface area (Å²) in [6, 6.07) is 7.93. The molecule has 12 heavy (non-hydrogen) atoms. The van der Waals surface area contributed by atoms with Crippen LogP contribution in [0, 0.1) is 0 Å². The van der Waals surface area contributed by atoms with E-state index in [0.717, 1.165) is 15.7 Å². The summed E-state index contributed by atoms with van der Waals surface area (Å²) in [5.74, 6) is 0. The van der Waals surface area contributed by atoms with Gasteiger partial charge in [-0.25, -0.2) is 0 Å². The molecule has 0 aliphatic carbocycles. The van der Waals surface area contributed by atoms with Gasteiger partial charge in [-0.2, -0.15) is 0 Å². The summed E-state index contributed by atoms with van der Waals surface area (Å²) >= 11 is 4.91. The van der Waals surface area contributed by atoms with Gasteiger partial charge in [-0.3, -0.25) is 0 Å². The minimum atomic E-state index is 0.0335. The Kier molecular flexibility index (Phi) is 3.82. The van der Waals surface area contributed by atoms with Crippen molar-refractivity contribution < 1.29 is 4.79 Å². The van der Waals surface area contributed by atoms with E-state index in [4.69, 9.17) is 0 Å². The summed E-state index contributed by atoms with van der Waals surface area (Å²) in [6.07, 6.45) is 0.951. The van der Waals surface area contributed by atoms with E-state index >= 15 is 0 Å². The maximum absolute atomic E-state index is 10.3. The molecule has 0 bridgehead atoms. The second kappa shape index (κ2) is 4.67. The van der Waals surface area contributed by atoms with Gasteiger partial charge in [-0.15, -0.1) is 11.8 Å². The molecule has 0 spiro atoms. The Hall–Kier alpha value is -0.280. The third-order valence-corrected chi connectivity index (χ3v) is 2.88. The van der Waals surface area contributed by atoms with Crippen molar-refractivity contribution in [2.75, 3.05) is 0 Å². The van der Waals surface area contributed by atoms with Gasteiger partial charge in [0.25, 0.3) is 0 Å². The van der Waals surface area contributed by atoms with E-state index in [1.807, 2.05) is 31.2 Å². The fourth-order valence-corrected chi connectivity index (χ4v) is 1.80. The number of thioether (sulfide) groups is 1. The third-order valence-electron chi connectivity index (χ3n) is 1.33. The molecule has 0 fully saturated rings. The van der Waals surface area contributed by atoms with Crippen molar-refractivity contribution in [3.8, 4) is 0 Å². The second-order valence-corrected chi connectivity index (χ2v) is 4.78. The summed E-state index contributed by atoms with van der Waals surface area (Å²) in [5, 5.41) is 0.0335. The topological polar surface area (TPSA) is 17.1 Å². The Morgan fingerprint density at radius 1 is 1.42 bits per heavy atom. The van der Waals surface area contributed by atoms with Gasteiger partial charge in [-0.05, 0) is 31.2 Å². The van der Waals surface area contributed by atoms with Gasteiger partial charge in [-0.1, -0.05) is 15.9 Å². The Balaban J connectivity index is 2.64. The van der Waals surface area contributed by atoms with Gasteiger partial charge in [0, 0.05) is 9.37 Å². The Morgan fingerprint density at radius 2 is 2.00 bits per heavy atom. The molecule has 0 aliphatic rings. The molecule has 1 atom stereocenters. The van der Waals surface area contributed by atoms with Gasteiger partial charge in [0.05, 0.1) is 5.25 Å². The molecule has 0 aliphatic heterocycles. The molecule has 1 unspecified atom stereocenters. The van der Waals surface area contributed by atoms with Crippen LogP contribution in [0.1, 0.15) is 6.92 Å². The minimum absolute atomic E-state index is 0.0335. The first-order valence-electron chi connectivity index (χ1n) is 3.60. The normalized spacial score (nSPS) is 12.5. The van der Waals surface area contributed by atoms with Crippen molar-refractivity contribution >= 4 is 34.0 Å². The van der Waals surface area contributed by atoms with Gasteiger partial charge in [0.2, 0.25) is 0 Å². The van der Waals surface area contributed by atoms with E-state index in [2.05, 4.69) is 15.9 Å². The number of carbonyl (C=O) groups excluding carboxylic acids is 1. The predicted molar refractivity (Wildman–Crippen MR) is 55.5 cm³/mol. The predicted octanol–water partition coefficient (Wildman–Crippen LogP) is 3.13. The highest BCUT2D eigenvalue weighted by Crippen LogP contribution is 2.23. The molecular weight excluding hydrogens is 236 g/mol. The monoisotopic (exact) mass is 244 g/mol. The van der Waals surface area contributed by atoms with Crippen molar-refractivity contribution in [2.24, 2.45) is 0 Å². The van der Waals surface area contributed by atoms with E-state index in [9.17, 15) is 4.79 Å². The number of aldehydes is 1. The van der Waals surface area contributed by atoms with Crippen LogP contribution in [0.15, 0.2) is 33.6 Å². The molecule has 3 heteroatoms. The highest BCUT2D eigenvalue weighted by molar-refractivity contribution is 9.10. The van der Waals surface area contributed by atoms with E-state index in [1.165, 1.54) is 0 Å². The third kappa shape index (κ3) is 2.99. The number of halogens is 1. The first kappa shape index (κ1) is 9.81. The van der Waals surface area contributed by atoms with Crippen molar-refractivity contribution in [1.82, 2.24) is 0 Å². The molecule has 0 radical (unpaired) electrons. The molecule has 0 aromatic heterocycles. The van der Waals surface area contributed by atoms with Crippen molar-refractivity contribution in [2.45, 2.75) is 17.1 Å². The number of rotatable bonds is 3. The van der Waals surface area contributed by atoms with Crippen molar-refractivity contribution in [3.05, 3.63) is 28.7 Å². The van der Waals surface area contributed by atoms with E-state index in [1.54, 1.807) is 11.8 Å². The van der Waals surface area contributed by atoms with Crippen molar-refractivity contribution in [1.29, 1.82) is 0 Å². The number of carbonyl (C=O) groups is 1. The summed E-state index contributed by atoms with van der Waals surface area (Å²) in [6.45, 7) is 1.89. The summed E-state index contributed by atoms with van der Waals surface area (Å²) in [7, 11) is 0. The summed E-state index contributed by atoms with van der Waals surface area (Å²) < 4.78 is 1.06. The number of hydrogen-bond donors (Lipinski definition) is 0. The highest BCUT2D eigenvalue weighted by atomic mass is 79.9. The quantitative estimate of drug-likeness (QED) is 0.601. The summed E-state index contributed by atoms with van der Waals surface area (Å²) in [5.41, 5.74) is 0. The van der Waals surface area contributed by atoms with Gasteiger partial charge >= 0.3 is 0 Å².